The first-order chi connectivity index (χ1) is 7.31. The predicted octanol–water partition coefficient (Wildman–Crippen LogP) is 2.95. The van der Waals surface area contributed by atoms with Crippen LogP contribution in [0.15, 0.2) is 0 Å². The van der Waals surface area contributed by atoms with Gasteiger partial charge in [0.25, 0.3) is 0 Å². The van der Waals surface area contributed by atoms with Crippen molar-refractivity contribution in [3.63, 3.8) is 0 Å². The molecular formula is C10H15ClF3NO. The Hall–Kier alpha value is -0.450. The van der Waals surface area contributed by atoms with Crippen molar-refractivity contribution in [1.82, 2.24) is 4.90 Å². The molecule has 1 fully saturated rings. The lowest BCUT2D eigenvalue weighted by molar-refractivity contribution is -0.162. The molecule has 94 valence electrons. The van der Waals surface area contributed by atoms with E-state index in [9.17, 15) is 18.0 Å². The van der Waals surface area contributed by atoms with Crippen molar-refractivity contribution in [1.29, 1.82) is 0 Å². The molecule has 0 aromatic heterocycles. The van der Waals surface area contributed by atoms with Crippen molar-refractivity contribution < 1.29 is 18.0 Å². The standard InChI is InChI=1S/C10H15ClF3NO/c1-15(9(16)6-10(12,13)14)8-5-3-2-4-7(8)11/h7-8H,2-6H2,1H3. The number of carbonyl (C=O) groups excluding carboxylic acids is 1. The zero-order valence-electron chi connectivity index (χ0n) is 9.06. The highest BCUT2D eigenvalue weighted by molar-refractivity contribution is 6.21. The van der Waals surface area contributed by atoms with Gasteiger partial charge in [-0.05, 0) is 12.8 Å². The zero-order valence-corrected chi connectivity index (χ0v) is 9.81. The molecule has 2 nitrogen and oxygen atoms in total. The highest BCUT2D eigenvalue weighted by atomic mass is 35.5. The van der Waals surface area contributed by atoms with Crippen molar-refractivity contribution >= 4 is 17.5 Å². The quantitative estimate of drug-likeness (QED) is 0.697. The van der Waals surface area contributed by atoms with E-state index < -0.39 is 18.5 Å². The van der Waals surface area contributed by atoms with E-state index in [0.29, 0.717) is 6.42 Å². The average Bonchev–Trinajstić information content (AvgIpc) is 2.15. The number of halogens is 4. The highest BCUT2D eigenvalue weighted by Gasteiger charge is 2.36. The number of alkyl halides is 4. The van der Waals surface area contributed by atoms with E-state index in [-0.39, 0.29) is 11.4 Å². The van der Waals surface area contributed by atoms with Gasteiger partial charge >= 0.3 is 6.18 Å². The van der Waals surface area contributed by atoms with Crippen LogP contribution in [-0.2, 0) is 4.79 Å². The summed E-state index contributed by atoms with van der Waals surface area (Å²) < 4.78 is 36.2. The molecule has 1 aliphatic carbocycles. The van der Waals surface area contributed by atoms with E-state index in [0.717, 1.165) is 24.2 Å². The second kappa shape index (κ2) is 5.25. The summed E-state index contributed by atoms with van der Waals surface area (Å²) >= 11 is 6.02. The molecule has 0 saturated heterocycles. The Kier molecular flexibility index (Phi) is 4.47. The van der Waals surface area contributed by atoms with Gasteiger partial charge in [0.05, 0.1) is 5.38 Å². The Morgan fingerprint density at radius 1 is 1.38 bits per heavy atom. The third kappa shape index (κ3) is 3.85. The maximum Gasteiger partial charge on any atom is 0.397 e. The van der Waals surface area contributed by atoms with Crippen LogP contribution in [0.4, 0.5) is 13.2 Å². The molecular weight excluding hydrogens is 243 g/mol. The Morgan fingerprint density at radius 3 is 2.44 bits per heavy atom. The summed E-state index contributed by atoms with van der Waals surface area (Å²) in [5.41, 5.74) is 0. The average molecular weight is 258 g/mol. The van der Waals surface area contributed by atoms with E-state index in [4.69, 9.17) is 11.6 Å². The summed E-state index contributed by atoms with van der Waals surface area (Å²) in [6, 6.07) is -0.259. The molecule has 0 spiro atoms. The lowest BCUT2D eigenvalue weighted by atomic mass is 9.94. The van der Waals surface area contributed by atoms with E-state index in [2.05, 4.69) is 0 Å². The van der Waals surface area contributed by atoms with Crippen molar-refractivity contribution in [2.24, 2.45) is 0 Å². The molecule has 1 saturated carbocycles. The molecule has 0 bridgehead atoms. The topological polar surface area (TPSA) is 20.3 Å². The van der Waals surface area contributed by atoms with Crippen molar-refractivity contribution in [3.8, 4) is 0 Å². The fourth-order valence-corrected chi connectivity index (χ4v) is 2.43. The van der Waals surface area contributed by atoms with E-state index in [1.807, 2.05) is 0 Å². The fourth-order valence-electron chi connectivity index (χ4n) is 1.98. The number of carbonyl (C=O) groups is 1. The molecule has 6 heteroatoms. The fraction of sp³-hybridized carbons (Fsp3) is 0.900. The minimum absolute atomic E-state index is 0.226. The summed E-state index contributed by atoms with van der Waals surface area (Å²) in [6.45, 7) is 0. The molecule has 1 rings (SSSR count). The van der Waals surface area contributed by atoms with Crippen LogP contribution < -0.4 is 0 Å². The van der Waals surface area contributed by atoms with Crippen LogP contribution in [0.3, 0.4) is 0 Å². The Labute approximate surface area is 97.7 Å². The molecule has 0 aliphatic heterocycles. The third-order valence-electron chi connectivity index (χ3n) is 2.89. The van der Waals surface area contributed by atoms with Gasteiger partial charge in [-0.2, -0.15) is 13.2 Å². The Bertz CT molecular complexity index is 257. The number of hydrogen-bond donors (Lipinski definition) is 0. The van der Waals surface area contributed by atoms with Crippen molar-refractivity contribution in [2.45, 2.75) is 49.7 Å². The Balaban J connectivity index is 2.55. The van der Waals surface area contributed by atoms with Crippen LogP contribution in [0, 0.1) is 0 Å². The van der Waals surface area contributed by atoms with Gasteiger partial charge in [0.2, 0.25) is 5.91 Å². The highest BCUT2D eigenvalue weighted by Crippen LogP contribution is 2.28. The first kappa shape index (κ1) is 13.6. The van der Waals surface area contributed by atoms with Gasteiger partial charge in [-0.1, -0.05) is 12.8 Å². The molecule has 0 aromatic carbocycles. The van der Waals surface area contributed by atoms with Crippen molar-refractivity contribution in [2.75, 3.05) is 7.05 Å². The van der Waals surface area contributed by atoms with E-state index >= 15 is 0 Å². The largest absolute Gasteiger partial charge is 0.397 e. The number of hydrogen-bond acceptors (Lipinski definition) is 1. The second-order valence-electron chi connectivity index (χ2n) is 4.16. The van der Waals surface area contributed by atoms with Gasteiger partial charge in [0.1, 0.15) is 6.42 Å². The molecule has 1 amide bonds. The number of rotatable bonds is 2. The molecule has 16 heavy (non-hydrogen) atoms. The van der Waals surface area contributed by atoms with Gasteiger partial charge in [0, 0.05) is 13.1 Å². The summed E-state index contributed by atoms with van der Waals surface area (Å²) in [7, 11) is 1.40. The van der Waals surface area contributed by atoms with Crippen LogP contribution in [-0.4, -0.2) is 35.4 Å². The zero-order chi connectivity index (χ0) is 12.3. The Morgan fingerprint density at radius 2 is 1.94 bits per heavy atom. The molecule has 2 unspecified atom stereocenters. The maximum atomic E-state index is 12.1. The summed E-state index contributed by atoms with van der Waals surface area (Å²) in [5, 5.41) is -0.226. The van der Waals surface area contributed by atoms with Crippen LogP contribution in [0.1, 0.15) is 32.1 Å². The maximum absolute atomic E-state index is 12.1. The minimum Gasteiger partial charge on any atom is -0.341 e. The lowest BCUT2D eigenvalue weighted by Gasteiger charge is -2.35. The van der Waals surface area contributed by atoms with E-state index in [1.165, 1.54) is 7.05 Å². The van der Waals surface area contributed by atoms with Gasteiger partial charge in [-0.15, -0.1) is 11.6 Å². The smallest absolute Gasteiger partial charge is 0.341 e. The van der Waals surface area contributed by atoms with Crippen molar-refractivity contribution in [3.05, 3.63) is 0 Å². The predicted molar refractivity (Wildman–Crippen MR) is 55.3 cm³/mol. The van der Waals surface area contributed by atoms with Crippen LogP contribution >= 0.6 is 11.6 Å². The van der Waals surface area contributed by atoms with Crippen LogP contribution in [0.25, 0.3) is 0 Å². The summed E-state index contributed by atoms with van der Waals surface area (Å²) in [5.74, 6) is -0.898. The second-order valence-corrected chi connectivity index (χ2v) is 4.72. The lowest BCUT2D eigenvalue weighted by Crippen LogP contribution is -2.45. The van der Waals surface area contributed by atoms with Crippen LogP contribution in [0.5, 0.6) is 0 Å². The molecule has 0 heterocycles. The SMILES string of the molecule is CN(C(=O)CC(F)(F)F)C1CCCCC1Cl. The molecule has 0 N–H and O–H groups in total. The molecule has 1 aliphatic rings. The van der Waals surface area contributed by atoms with Gasteiger partial charge in [-0.3, -0.25) is 4.79 Å². The first-order valence-electron chi connectivity index (χ1n) is 5.28. The minimum atomic E-state index is -4.44. The van der Waals surface area contributed by atoms with Gasteiger partial charge < -0.3 is 4.90 Å². The third-order valence-corrected chi connectivity index (χ3v) is 3.40. The normalized spacial score (nSPS) is 26.6. The summed E-state index contributed by atoms with van der Waals surface area (Å²) in [6.07, 6.45) is -2.50. The van der Waals surface area contributed by atoms with Crippen LogP contribution in [0.2, 0.25) is 0 Å². The first-order valence-corrected chi connectivity index (χ1v) is 5.71. The van der Waals surface area contributed by atoms with E-state index in [1.54, 1.807) is 0 Å². The van der Waals surface area contributed by atoms with Gasteiger partial charge in [-0.25, -0.2) is 0 Å². The number of nitrogens with zero attached hydrogens (tertiary/aromatic N) is 1. The molecule has 2 atom stereocenters. The molecule has 0 aromatic rings. The monoisotopic (exact) mass is 257 g/mol. The molecule has 0 radical (unpaired) electrons. The summed E-state index contributed by atoms with van der Waals surface area (Å²) in [4.78, 5) is 12.5. The number of amides is 1. The van der Waals surface area contributed by atoms with Gasteiger partial charge in [0.15, 0.2) is 0 Å².